The molecule has 4 fully saturated rings. The van der Waals surface area contributed by atoms with Crippen LogP contribution in [0.5, 0.6) is 5.75 Å². The number of methoxy groups -OCH3 is 1. The molecular formula is C53H70N8O7. The molecule has 0 unspecified atom stereocenters. The number of hydrogen-bond donors (Lipinski definition) is 4. The molecule has 4 saturated heterocycles. The van der Waals surface area contributed by atoms with Crippen molar-refractivity contribution in [1.29, 1.82) is 0 Å². The highest BCUT2D eigenvalue weighted by atomic mass is 16.5. The number of fused-ring (bicyclic) bond motifs is 6. The van der Waals surface area contributed by atoms with E-state index in [9.17, 15) is 24.3 Å². The van der Waals surface area contributed by atoms with Crippen molar-refractivity contribution in [3.05, 3.63) is 71.5 Å². The van der Waals surface area contributed by atoms with Gasteiger partial charge >= 0.3 is 5.97 Å². The van der Waals surface area contributed by atoms with Crippen molar-refractivity contribution in [3.8, 4) is 28.1 Å². The average molecular weight is 931 g/mol. The molecule has 5 aliphatic heterocycles. The van der Waals surface area contributed by atoms with E-state index in [2.05, 4.69) is 70.6 Å². The van der Waals surface area contributed by atoms with Gasteiger partial charge in [0, 0.05) is 80.9 Å². The molecule has 9 rings (SSSR count). The molecule has 364 valence electrons. The van der Waals surface area contributed by atoms with Crippen LogP contribution in [0.15, 0.2) is 54.7 Å². The Bertz CT molecular complexity index is 2560. The molecule has 7 heterocycles. The Morgan fingerprint density at radius 1 is 1.01 bits per heavy atom. The van der Waals surface area contributed by atoms with Crippen LogP contribution in [0.1, 0.15) is 96.6 Å². The third-order valence-corrected chi connectivity index (χ3v) is 15.3. The second-order valence-electron chi connectivity index (χ2n) is 21.2. The normalized spacial score (nSPS) is 23.9. The summed E-state index contributed by atoms with van der Waals surface area (Å²) in [6, 6.07) is 13.5. The molecule has 15 heteroatoms. The maximum absolute atomic E-state index is 14.8. The highest BCUT2D eigenvalue weighted by Gasteiger charge is 2.47. The number of rotatable bonds is 9. The standard InChI is InChI=1S/C53H70N8O7/c1-8-60-44-14-13-35-27-39(44)40(47(60)38-11-9-18-54-45(38)33(4)67-7)28-52(5,6)31-68-51(66)41-12-10-19-61(57-41)50(65)42(25-34-23-36(35)26-37(62)24-34)56-48(63)46(32(2)3)59-22-17-53(30-59)15-20-58(21-16-53)49(64)43-29-55-43/h9,11,13-14,18,23-24,26-27,32-33,41-43,46,55,57,62H,8,10,12,15-17,19-22,25,28-31H2,1-7H3,(H,56,63)/t33-,41-,42-,43+,46-/m0/s1. The van der Waals surface area contributed by atoms with Gasteiger partial charge in [0.05, 0.1) is 36.2 Å². The van der Waals surface area contributed by atoms with Gasteiger partial charge in [-0.1, -0.05) is 39.8 Å². The van der Waals surface area contributed by atoms with Crippen LogP contribution in [0.2, 0.25) is 0 Å². The number of nitrogens with one attached hydrogen (secondary N) is 3. The summed E-state index contributed by atoms with van der Waals surface area (Å²) in [4.78, 5) is 65.5. The summed E-state index contributed by atoms with van der Waals surface area (Å²) in [5.41, 5.74) is 10.0. The van der Waals surface area contributed by atoms with Gasteiger partial charge in [0.15, 0.2) is 0 Å². The first kappa shape index (κ1) is 47.7. The van der Waals surface area contributed by atoms with Gasteiger partial charge in [-0.05, 0) is 129 Å². The van der Waals surface area contributed by atoms with Gasteiger partial charge in [0.2, 0.25) is 11.8 Å². The van der Waals surface area contributed by atoms with Gasteiger partial charge in [0.25, 0.3) is 5.91 Å². The number of hydrogen-bond acceptors (Lipinski definition) is 11. The molecule has 3 amide bonds. The maximum atomic E-state index is 14.8. The molecule has 2 aromatic carbocycles. The van der Waals surface area contributed by atoms with Gasteiger partial charge in [-0.2, -0.15) is 0 Å². The number of aromatic hydroxyl groups is 1. The van der Waals surface area contributed by atoms with Crippen LogP contribution in [0.25, 0.3) is 33.3 Å². The van der Waals surface area contributed by atoms with Crippen molar-refractivity contribution in [1.82, 2.24) is 40.4 Å². The molecule has 6 bridgehead atoms. The highest BCUT2D eigenvalue weighted by Crippen LogP contribution is 2.44. The van der Waals surface area contributed by atoms with Crippen molar-refractivity contribution >= 4 is 34.6 Å². The second kappa shape index (κ2) is 19.2. The number of amides is 3. The monoisotopic (exact) mass is 931 g/mol. The van der Waals surface area contributed by atoms with Gasteiger partial charge in [0.1, 0.15) is 17.8 Å². The number of hydrazine groups is 1. The molecule has 0 radical (unpaired) electrons. The number of phenols is 1. The summed E-state index contributed by atoms with van der Waals surface area (Å²) in [5, 5.41) is 20.3. The lowest BCUT2D eigenvalue weighted by Gasteiger charge is -2.40. The van der Waals surface area contributed by atoms with E-state index in [0.717, 1.165) is 96.5 Å². The number of esters is 1. The Balaban J connectivity index is 1.07. The predicted octanol–water partition coefficient (Wildman–Crippen LogP) is 5.76. The molecule has 0 aliphatic carbocycles. The zero-order valence-corrected chi connectivity index (χ0v) is 40.9. The smallest absolute Gasteiger partial charge is 0.324 e. The number of likely N-dealkylation sites (tertiary alicyclic amines) is 2. The van der Waals surface area contributed by atoms with E-state index in [1.165, 1.54) is 5.01 Å². The molecule has 0 saturated carbocycles. The molecule has 15 nitrogen and oxygen atoms in total. The lowest BCUT2D eigenvalue weighted by Crippen LogP contribution is -2.62. The summed E-state index contributed by atoms with van der Waals surface area (Å²) in [7, 11) is 1.69. The first-order chi connectivity index (χ1) is 32.6. The maximum Gasteiger partial charge on any atom is 0.324 e. The minimum Gasteiger partial charge on any atom is -0.508 e. The number of cyclic esters (lactones) is 1. The first-order valence-corrected chi connectivity index (χ1v) is 24.8. The lowest BCUT2D eigenvalue weighted by atomic mass is 9.77. The summed E-state index contributed by atoms with van der Waals surface area (Å²) in [6.45, 7) is 17.3. The van der Waals surface area contributed by atoms with Crippen molar-refractivity contribution in [2.24, 2.45) is 16.7 Å². The van der Waals surface area contributed by atoms with Crippen molar-refractivity contribution in [3.63, 3.8) is 0 Å². The van der Waals surface area contributed by atoms with Gasteiger partial charge in [-0.25, -0.2) is 5.43 Å². The Kier molecular flexibility index (Phi) is 13.5. The fourth-order valence-electron chi connectivity index (χ4n) is 11.5. The number of benzene rings is 2. The van der Waals surface area contributed by atoms with Crippen molar-refractivity contribution in [2.75, 3.05) is 53.0 Å². The van der Waals surface area contributed by atoms with Crippen molar-refractivity contribution < 1.29 is 33.8 Å². The molecule has 1 spiro atoms. The number of aryl methyl sites for hydroxylation is 1. The SMILES string of the molecule is CCn1c(-c2cccnc2[C@H](C)OC)c2c3cc(ccc31)-c1cc(O)cc(c1)C[C@H](NC(=O)[C@H](C(C)C)N1CCC3(CCN(C(=O)[C@H]4CN4)CC3)C1)C(=O)N1CCC[C@H](N1)C(=O)OCC(C)(C)C2. The fraction of sp³-hybridized carbons (Fsp3) is 0.566. The summed E-state index contributed by atoms with van der Waals surface area (Å²) in [6.07, 6.45) is 6.01. The molecule has 5 atom stereocenters. The second-order valence-corrected chi connectivity index (χ2v) is 21.2. The van der Waals surface area contributed by atoms with Gasteiger partial charge < -0.3 is 34.7 Å². The summed E-state index contributed by atoms with van der Waals surface area (Å²) >= 11 is 0. The van der Waals surface area contributed by atoms with Crippen LogP contribution in [0, 0.1) is 16.7 Å². The van der Waals surface area contributed by atoms with E-state index in [1.807, 2.05) is 37.8 Å². The van der Waals surface area contributed by atoms with Crippen LogP contribution in [-0.4, -0.2) is 130 Å². The largest absolute Gasteiger partial charge is 0.508 e. The Morgan fingerprint density at radius 2 is 1.78 bits per heavy atom. The number of pyridine rings is 1. The van der Waals surface area contributed by atoms with Crippen molar-refractivity contribution in [2.45, 2.75) is 123 Å². The number of carbonyl (C=O) groups is 4. The topological polar surface area (TPSA) is 181 Å². The average Bonchev–Trinajstić information content (AvgIpc) is 4.05. The molecule has 2 aromatic heterocycles. The van der Waals surface area contributed by atoms with Crippen LogP contribution in [0.3, 0.4) is 0 Å². The van der Waals surface area contributed by atoms with E-state index in [0.29, 0.717) is 37.9 Å². The van der Waals surface area contributed by atoms with Gasteiger partial charge in [-0.3, -0.25) is 34.1 Å². The zero-order valence-electron chi connectivity index (χ0n) is 40.9. The van der Waals surface area contributed by atoms with E-state index in [-0.39, 0.29) is 60.0 Å². The Hall–Kier alpha value is -5.35. The van der Waals surface area contributed by atoms with Crippen LogP contribution >= 0.6 is 0 Å². The molecule has 68 heavy (non-hydrogen) atoms. The highest BCUT2D eigenvalue weighted by molar-refractivity contribution is 5.96. The van der Waals surface area contributed by atoms with E-state index >= 15 is 0 Å². The number of aromatic nitrogens is 2. The first-order valence-electron chi connectivity index (χ1n) is 24.8. The number of piperidine rings is 1. The number of nitrogens with zero attached hydrogens (tertiary/aromatic N) is 5. The molecule has 5 aliphatic rings. The van der Waals surface area contributed by atoms with Gasteiger partial charge in [-0.15, -0.1) is 0 Å². The van der Waals surface area contributed by atoms with E-state index < -0.39 is 29.5 Å². The Labute approximate surface area is 400 Å². The third kappa shape index (κ3) is 9.64. The summed E-state index contributed by atoms with van der Waals surface area (Å²) in [5.74, 6) is -0.833. The predicted molar refractivity (Wildman–Crippen MR) is 260 cm³/mol. The molecule has 4 N–H and O–H groups in total. The number of phenolic OH excluding ortho intramolecular Hbond substituents is 1. The number of carbonyl (C=O) groups excluding carboxylic acids is 4. The Morgan fingerprint density at radius 3 is 2.50 bits per heavy atom. The van der Waals surface area contributed by atoms with Crippen LogP contribution in [0.4, 0.5) is 0 Å². The van der Waals surface area contributed by atoms with E-state index in [1.54, 1.807) is 25.4 Å². The van der Waals surface area contributed by atoms with Crippen LogP contribution < -0.4 is 16.1 Å². The van der Waals surface area contributed by atoms with Crippen LogP contribution in [-0.2, 0) is 48.0 Å². The third-order valence-electron chi connectivity index (χ3n) is 15.3. The summed E-state index contributed by atoms with van der Waals surface area (Å²) < 4.78 is 14.3. The van der Waals surface area contributed by atoms with E-state index in [4.69, 9.17) is 14.5 Å². The fourth-order valence-corrected chi connectivity index (χ4v) is 11.5. The lowest BCUT2D eigenvalue weighted by molar-refractivity contribution is -0.155. The molecule has 4 aromatic rings. The molecular weight excluding hydrogens is 861 g/mol. The quantitative estimate of drug-likeness (QED) is 0.118. The number of ether oxygens (including phenoxy) is 2. The zero-order chi connectivity index (χ0) is 48.1. The minimum atomic E-state index is -1.02. The minimum absolute atomic E-state index is 0.0280.